The van der Waals surface area contributed by atoms with E-state index in [4.69, 9.17) is 0 Å². The molecule has 1 aromatic heterocycles. The molecule has 2 heterocycles. The number of carbonyl (C=O) groups is 1. The minimum atomic E-state index is 0.237. The fourth-order valence-electron chi connectivity index (χ4n) is 2.36. The second kappa shape index (κ2) is 3.92. The van der Waals surface area contributed by atoms with Crippen LogP contribution in [-0.2, 0) is 17.8 Å². The smallest absolute Gasteiger partial charge is 0.220 e. The second-order valence-corrected chi connectivity index (χ2v) is 4.95. The standard InChI is InChI=1S/C12H17N3O/c16-12(7-9-1-2-9)14-10-4-6-15-11(8-10)3-5-13-15/h3,5,9-10H,1-2,4,6-8H2,(H,14,16). The van der Waals surface area contributed by atoms with Crippen LogP contribution in [-0.4, -0.2) is 21.7 Å². The summed E-state index contributed by atoms with van der Waals surface area (Å²) >= 11 is 0. The van der Waals surface area contributed by atoms with E-state index in [1.807, 2.05) is 16.9 Å². The van der Waals surface area contributed by atoms with Crippen LogP contribution in [0.3, 0.4) is 0 Å². The fraction of sp³-hybridized carbons (Fsp3) is 0.667. The molecular weight excluding hydrogens is 202 g/mol. The van der Waals surface area contributed by atoms with Gasteiger partial charge in [0.25, 0.3) is 0 Å². The summed E-state index contributed by atoms with van der Waals surface area (Å²) in [6, 6.07) is 2.36. The summed E-state index contributed by atoms with van der Waals surface area (Å²) in [6.07, 6.45) is 6.98. The summed E-state index contributed by atoms with van der Waals surface area (Å²) in [7, 11) is 0. The van der Waals surface area contributed by atoms with Gasteiger partial charge in [-0.2, -0.15) is 5.10 Å². The Morgan fingerprint density at radius 3 is 3.19 bits per heavy atom. The number of nitrogens with zero attached hydrogens (tertiary/aromatic N) is 2. The maximum Gasteiger partial charge on any atom is 0.220 e. The molecule has 0 radical (unpaired) electrons. The number of rotatable bonds is 3. The zero-order chi connectivity index (χ0) is 11.0. The molecule has 0 spiro atoms. The third-order valence-corrected chi connectivity index (χ3v) is 3.49. The molecule has 1 fully saturated rings. The van der Waals surface area contributed by atoms with Crippen molar-refractivity contribution in [1.29, 1.82) is 0 Å². The van der Waals surface area contributed by atoms with Gasteiger partial charge in [-0.3, -0.25) is 9.48 Å². The Labute approximate surface area is 95.0 Å². The Hall–Kier alpha value is -1.32. The Bertz CT molecular complexity index is 395. The number of aromatic nitrogens is 2. The minimum absolute atomic E-state index is 0.237. The summed E-state index contributed by atoms with van der Waals surface area (Å²) in [5.41, 5.74) is 1.24. The van der Waals surface area contributed by atoms with E-state index in [1.54, 1.807) is 0 Å². The predicted molar refractivity (Wildman–Crippen MR) is 59.8 cm³/mol. The van der Waals surface area contributed by atoms with Crippen molar-refractivity contribution in [2.24, 2.45) is 5.92 Å². The first kappa shape index (κ1) is 9.87. The van der Waals surface area contributed by atoms with Crippen molar-refractivity contribution in [3.8, 4) is 0 Å². The van der Waals surface area contributed by atoms with Crippen molar-refractivity contribution in [3.05, 3.63) is 18.0 Å². The van der Waals surface area contributed by atoms with Gasteiger partial charge < -0.3 is 5.32 Å². The van der Waals surface area contributed by atoms with Crippen LogP contribution in [0.5, 0.6) is 0 Å². The lowest BCUT2D eigenvalue weighted by atomic mass is 10.0. The topological polar surface area (TPSA) is 46.9 Å². The van der Waals surface area contributed by atoms with Gasteiger partial charge in [0.2, 0.25) is 5.91 Å². The van der Waals surface area contributed by atoms with Crippen LogP contribution in [0.4, 0.5) is 0 Å². The van der Waals surface area contributed by atoms with Gasteiger partial charge in [-0.1, -0.05) is 0 Å². The number of hydrogen-bond acceptors (Lipinski definition) is 2. The summed E-state index contributed by atoms with van der Waals surface area (Å²) in [6.45, 7) is 0.927. The Morgan fingerprint density at radius 1 is 1.50 bits per heavy atom. The maximum atomic E-state index is 11.7. The van der Waals surface area contributed by atoms with E-state index in [0.717, 1.165) is 25.8 Å². The molecule has 1 aromatic rings. The van der Waals surface area contributed by atoms with E-state index in [-0.39, 0.29) is 5.91 Å². The van der Waals surface area contributed by atoms with Gasteiger partial charge in [-0.25, -0.2) is 0 Å². The monoisotopic (exact) mass is 219 g/mol. The number of aryl methyl sites for hydroxylation is 1. The van der Waals surface area contributed by atoms with Crippen molar-refractivity contribution >= 4 is 5.91 Å². The molecule has 1 atom stereocenters. The number of nitrogens with one attached hydrogen (secondary N) is 1. The quantitative estimate of drug-likeness (QED) is 0.828. The molecule has 86 valence electrons. The molecule has 4 heteroatoms. The van der Waals surface area contributed by atoms with Crippen LogP contribution in [0.1, 0.15) is 31.4 Å². The highest BCUT2D eigenvalue weighted by Crippen LogP contribution is 2.32. The molecule has 1 unspecified atom stereocenters. The minimum Gasteiger partial charge on any atom is -0.353 e. The highest BCUT2D eigenvalue weighted by atomic mass is 16.1. The van der Waals surface area contributed by atoms with Crippen LogP contribution in [0.2, 0.25) is 0 Å². The molecule has 0 bridgehead atoms. The largest absolute Gasteiger partial charge is 0.353 e. The van der Waals surface area contributed by atoms with Crippen molar-refractivity contribution in [1.82, 2.24) is 15.1 Å². The van der Waals surface area contributed by atoms with E-state index in [9.17, 15) is 4.79 Å². The first-order valence-corrected chi connectivity index (χ1v) is 6.11. The summed E-state index contributed by atoms with van der Waals surface area (Å²) in [5.74, 6) is 0.912. The molecule has 0 saturated heterocycles. The van der Waals surface area contributed by atoms with Gasteiger partial charge in [0.15, 0.2) is 0 Å². The number of fused-ring (bicyclic) bond motifs is 1. The molecule has 1 saturated carbocycles. The van der Waals surface area contributed by atoms with Crippen LogP contribution < -0.4 is 5.32 Å². The third-order valence-electron chi connectivity index (χ3n) is 3.49. The molecule has 4 nitrogen and oxygen atoms in total. The van der Waals surface area contributed by atoms with Crippen molar-refractivity contribution in [2.45, 2.75) is 44.7 Å². The average molecular weight is 219 g/mol. The summed E-state index contributed by atoms with van der Waals surface area (Å²) < 4.78 is 2.03. The number of carbonyl (C=O) groups excluding carboxylic acids is 1. The van der Waals surface area contributed by atoms with Crippen LogP contribution in [0.25, 0.3) is 0 Å². The number of amides is 1. The lowest BCUT2D eigenvalue weighted by Crippen LogP contribution is -2.40. The first-order valence-electron chi connectivity index (χ1n) is 6.11. The third kappa shape index (κ3) is 2.10. The van der Waals surface area contributed by atoms with E-state index < -0.39 is 0 Å². The van der Waals surface area contributed by atoms with Crippen LogP contribution in [0.15, 0.2) is 12.3 Å². The van der Waals surface area contributed by atoms with Gasteiger partial charge in [-0.05, 0) is 31.2 Å². The van der Waals surface area contributed by atoms with Gasteiger partial charge >= 0.3 is 0 Å². The molecule has 1 aliphatic heterocycles. The zero-order valence-electron chi connectivity index (χ0n) is 9.35. The summed E-state index contributed by atoms with van der Waals surface area (Å²) in [5, 5.41) is 7.37. The summed E-state index contributed by atoms with van der Waals surface area (Å²) in [4.78, 5) is 11.7. The van der Waals surface area contributed by atoms with E-state index in [1.165, 1.54) is 18.5 Å². The zero-order valence-corrected chi connectivity index (χ0v) is 9.35. The van der Waals surface area contributed by atoms with Gasteiger partial charge in [-0.15, -0.1) is 0 Å². The van der Waals surface area contributed by atoms with Crippen molar-refractivity contribution in [3.63, 3.8) is 0 Å². The maximum absolute atomic E-state index is 11.7. The van der Waals surface area contributed by atoms with Crippen molar-refractivity contribution < 1.29 is 4.79 Å². The van der Waals surface area contributed by atoms with Gasteiger partial charge in [0.05, 0.1) is 0 Å². The second-order valence-electron chi connectivity index (χ2n) is 4.95. The normalized spacial score (nSPS) is 23.9. The first-order chi connectivity index (χ1) is 7.81. The van der Waals surface area contributed by atoms with Crippen LogP contribution >= 0.6 is 0 Å². The molecule has 16 heavy (non-hydrogen) atoms. The van der Waals surface area contributed by atoms with Gasteiger partial charge in [0.1, 0.15) is 0 Å². The highest BCUT2D eigenvalue weighted by molar-refractivity contribution is 5.76. The fourth-order valence-corrected chi connectivity index (χ4v) is 2.36. The lowest BCUT2D eigenvalue weighted by Gasteiger charge is -2.24. The molecule has 3 rings (SSSR count). The Kier molecular flexibility index (Phi) is 2.42. The highest BCUT2D eigenvalue weighted by Gasteiger charge is 2.26. The van der Waals surface area contributed by atoms with E-state index >= 15 is 0 Å². The van der Waals surface area contributed by atoms with E-state index in [2.05, 4.69) is 10.4 Å². The van der Waals surface area contributed by atoms with E-state index in [0.29, 0.717) is 12.0 Å². The molecule has 1 N–H and O–H groups in total. The SMILES string of the molecule is O=C(CC1CC1)NC1CCn2nccc2C1. The predicted octanol–water partition coefficient (Wildman–Crippen LogP) is 1.11. The van der Waals surface area contributed by atoms with Crippen LogP contribution in [0, 0.1) is 5.92 Å². The molecule has 2 aliphatic rings. The molecule has 0 aromatic carbocycles. The Balaban J connectivity index is 1.55. The Morgan fingerprint density at radius 2 is 2.38 bits per heavy atom. The average Bonchev–Trinajstić information content (AvgIpc) is 2.95. The van der Waals surface area contributed by atoms with Gasteiger partial charge in [0, 0.05) is 37.3 Å². The molecular formula is C12H17N3O. The number of hydrogen-bond donors (Lipinski definition) is 1. The lowest BCUT2D eigenvalue weighted by molar-refractivity contribution is -0.122. The molecule has 1 amide bonds. The molecule has 1 aliphatic carbocycles. The van der Waals surface area contributed by atoms with Crippen molar-refractivity contribution in [2.75, 3.05) is 0 Å².